The van der Waals surface area contributed by atoms with Gasteiger partial charge in [0, 0.05) is 24.7 Å². The lowest BCUT2D eigenvalue weighted by Gasteiger charge is -2.13. The molecule has 0 aliphatic carbocycles. The van der Waals surface area contributed by atoms with Crippen LogP contribution in [-0.2, 0) is 4.74 Å². The zero-order valence-corrected chi connectivity index (χ0v) is 9.00. The highest BCUT2D eigenvalue weighted by Gasteiger charge is 2.09. The fourth-order valence-electron chi connectivity index (χ4n) is 1.36. The maximum atomic E-state index is 9.19. The van der Waals surface area contributed by atoms with Crippen molar-refractivity contribution in [2.24, 2.45) is 0 Å². The molecule has 0 saturated carbocycles. The molecular weight excluding hydrogens is 200 g/mol. The van der Waals surface area contributed by atoms with Gasteiger partial charge >= 0.3 is 0 Å². The van der Waals surface area contributed by atoms with E-state index in [0.717, 1.165) is 17.0 Å². The van der Waals surface area contributed by atoms with Crippen LogP contribution in [0.4, 0.5) is 0 Å². The van der Waals surface area contributed by atoms with E-state index in [0.29, 0.717) is 6.61 Å². The van der Waals surface area contributed by atoms with Crippen molar-refractivity contribution in [3.8, 4) is 0 Å². The first-order chi connectivity index (χ1) is 6.77. The first-order valence-corrected chi connectivity index (χ1v) is 5.01. The van der Waals surface area contributed by atoms with E-state index < -0.39 is 0 Å². The molecule has 1 aromatic carbocycles. The molecule has 0 aliphatic rings. The Kier molecular flexibility index (Phi) is 4.94. The molecule has 0 amide bonds. The number of rotatable bonds is 5. The van der Waals surface area contributed by atoms with E-state index in [2.05, 4.69) is 0 Å². The van der Waals surface area contributed by atoms with Crippen molar-refractivity contribution in [1.82, 2.24) is 0 Å². The Labute approximate surface area is 89.5 Å². The van der Waals surface area contributed by atoms with Crippen LogP contribution in [0, 0.1) is 0 Å². The van der Waals surface area contributed by atoms with Crippen molar-refractivity contribution < 1.29 is 9.84 Å². The quantitative estimate of drug-likeness (QED) is 0.816. The van der Waals surface area contributed by atoms with Crippen molar-refractivity contribution in [1.29, 1.82) is 0 Å². The van der Waals surface area contributed by atoms with Gasteiger partial charge in [-0.25, -0.2) is 0 Å². The molecule has 0 aliphatic heterocycles. The number of ether oxygens (including phenoxy) is 1. The topological polar surface area (TPSA) is 29.5 Å². The average molecular weight is 215 g/mol. The van der Waals surface area contributed by atoms with Crippen LogP contribution >= 0.6 is 11.6 Å². The zero-order valence-electron chi connectivity index (χ0n) is 8.24. The van der Waals surface area contributed by atoms with Crippen molar-refractivity contribution >= 4 is 11.6 Å². The molecule has 1 atom stereocenters. The first-order valence-electron chi connectivity index (χ1n) is 4.63. The largest absolute Gasteiger partial charge is 0.396 e. The molecule has 1 aromatic rings. The summed E-state index contributed by atoms with van der Waals surface area (Å²) in [7, 11) is 1.66. The van der Waals surface area contributed by atoms with Gasteiger partial charge in [0.05, 0.1) is 6.61 Å². The van der Waals surface area contributed by atoms with Crippen LogP contribution in [0.2, 0.25) is 5.02 Å². The fraction of sp³-hybridized carbons (Fsp3) is 0.455. The summed E-state index contributed by atoms with van der Waals surface area (Å²) in [6.45, 7) is 0.804. The number of benzene rings is 1. The monoisotopic (exact) mass is 214 g/mol. The zero-order chi connectivity index (χ0) is 10.4. The van der Waals surface area contributed by atoms with Crippen molar-refractivity contribution in [2.45, 2.75) is 12.3 Å². The molecule has 0 spiro atoms. The SMILES string of the molecule is COCCC(CO)c1ccc(Cl)cc1. The first kappa shape index (κ1) is 11.5. The molecular formula is C11H15ClO2. The Morgan fingerprint density at radius 1 is 1.36 bits per heavy atom. The van der Waals surface area contributed by atoms with E-state index in [1.165, 1.54) is 0 Å². The summed E-state index contributed by atoms with van der Waals surface area (Å²) in [5, 5.41) is 9.91. The van der Waals surface area contributed by atoms with Gasteiger partial charge in [0.2, 0.25) is 0 Å². The van der Waals surface area contributed by atoms with E-state index in [1.54, 1.807) is 7.11 Å². The van der Waals surface area contributed by atoms with Gasteiger partial charge in [-0.05, 0) is 24.1 Å². The van der Waals surface area contributed by atoms with Crippen LogP contribution in [0.5, 0.6) is 0 Å². The van der Waals surface area contributed by atoms with Gasteiger partial charge in [-0.1, -0.05) is 23.7 Å². The van der Waals surface area contributed by atoms with E-state index >= 15 is 0 Å². The summed E-state index contributed by atoms with van der Waals surface area (Å²) in [6, 6.07) is 7.57. The molecule has 0 fully saturated rings. The number of hydrogen-bond acceptors (Lipinski definition) is 2. The van der Waals surface area contributed by atoms with Gasteiger partial charge in [0.1, 0.15) is 0 Å². The fourth-order valence-corrected chi connectivity index (χ4v) is 1.48. The standard InChI is InChI=1S/C11H15ClO2/c1-14-7-6-10(8-13)9-2-4-11(12)5-3-9/h2-5,10,13H,6-8H2,1H3. The second kappa shape index (κ2) is 6.02. The molecule has 0 saturated heterocycles. The van der Waals surface area contributed by atoms with Crippen LogP contribution in [0.15, 0.2) is 24.3 Å². The van der Waals surface area contributed by atoms with Gasteiger partial charge < -0.3 is 9.84 Å². The minimum Gasteiger partial charge on any atom is -0.396 e. The molecule has 1 rings (SSSR count). The lowest BCUT2D eigenvalue weighted by Crippen LogP contribution is -2.07. The van der Waals surface area contributed by atoms with Gasteiger partial charge in [-0.2, -0.15) is 0 Å². The summed E-state index contributed by atoms with van der Waals surface area (Å²) in [5.41, 5.74) is 1.11. The van der Waals surface area contributed by atoms with Crippen molar-refractivity contribution in [3.05, 3.63) is 34.9 Å². The van der Waals surface area contributed by atoms with E-state index in [9.17, 15) is 5.11 Å². The van der Waals surface area contributed by atoms with Crippen LogP contribution < -0.4 is 0 Å². The predicted molar refractivity (Wildman–Crippen MR) is 57.8 cm³/mol. The molecule has 14 heavy (non-hydrogen) atoms. The van der Waals surface area contributed by atoms with Crippen LogP contribution in [0.3, 0.4) is 0 Å². The number of hydrogen-bond donors (Lipinski definition) is 1. The Morgan fingerprint density at radius 3 is 2.50 bits per heavy atom. The summed E-state index contributed by atoms with van der Waals surface area (Å²) < 4.78 is 4.98. The van der Waals surface area contributed by atoms with E-state index in [-0.39, 0.29) is 12.5 Å². The molecule has 1 unspecified atom stereocenters. The molecule has 78 valence electrons. The molecule has 0 radical (unpaired) electrons. The minimum atomic E-state index is 0.144. The minimum absolute atomic E-state index is 0.144. The Morgan fingerprint density at radius 2 is 2.00 bits per heavy atom. The summed E-state index contributed by atoms with van der Waals surface area (Å²) in [5.74, 6) is 0.146. The third-order valence-corrected chi connectivity index (χ3v) is 2.48. The van der Waals surface area contributed by atoms with Gasteiger partial charge in [-0.3, -0.25) is 0 Å². The molecule has 0 aromatic heterocycles. The third-order valence-electron chi connectivity index (χ3n) is 2.23. The summed E-state index contributed by atoms with van der Waals surface area (Å²) in [6.07, 6.45) is 0.828. The highest BCUT2D eigenvalue weighted by Crippen LogP contribution is 2.20. The van der Waals surface area contributed by atoms with Crippen LogP contribution in [-0.4, -0.2) is 25.4 Å². The number of halogens is 1. The Bertz CT molecular complexity index is 258. The predicted octanol–water partition coefficient (Wildman–Crippen LogP) is 2.45. The molecule has 0 heterocycles. The smallest absolute Gasteiger partial charge is 0.0500 e. The van der Waals surface area contributed by atoms with Gasteiger partial charge in [0.15, 0.2) is 0 Å². The molecule has 2 nitrogen and oxygen atoms in total. The third kappa shape index (κ3) is 3.29. The van der Waals surface area contributed by atoms with E-state index in [4.69, 9.17) is 16.3 Å². The lowest BCUT2D eigenvalue weighted by molar-refractivity contribution is 0.170. The molecule has 1 N–H and O–H groups in total. The Hall–Kier alpha value is -0.570. The van der Waals surface area contributed by atoms with Crippen LogP contribution in [0.25, 0.3) is 0 Å². The summed E-state index contributed by atoms with van der Waals surface area (Å²) in [4.78, 5) is 0. The average Bonchev–Trinajstić information content (AvgIpc) is 2.21. The highest BCUT2D eigenvalue weighted by atomic mass is 35.5. The second-order valence-corrected chi connectivity index (χ2v) is 3.65. The maximum Gasteiger partial charge on any atom is 0.0500 e. The van der Waals surface area contributed by atoms with E-state index in [1.807, 2.05) is 24.3 Å². The second-order valence-electron chi connectivity index (χ2n) is 3.21. The normalized spacial score (nSPS) is 12.8. The number of methoxy groups -OCH3 is 1. The molecule has 3 heteroatoms. The van der Waals surface area contributed by atoms with Crippen molar-refractivity contribution in [3.63, 3.8) is 0 Å². The lowest BCUT2D eigenvalue weighted by atomic mass is 9.97. The Balaban J connectivity index is 2.64. The molecule has 0 bridgehead atoms. The highest BCUT2D eigenvalue weighted by molar-refractivity contribution is 6.30. The van der Waals surface area contributed by atoms with Gasteiger partial charge in [-0.15, -0.1) is 0 Å². The maximum absolute atomic E-state index is 9.19. The number of aliphatic hydroxyl groups is 1. The van der Waals surface area contributed by atoms with Gasteiger partial charge in [0.25, 0.3) is 0 Å². The van der Waals surface area contributed by atoms with Crippen molar-refractivity contribution in [2.75, 3.05) is 20.3 Å². The summed E-state index contributed by atoms with van der Waals surface area (Å²) >= 11 is 5.78. The number of aliphatic hydroxyl groups excluding tert-OH is 1. The van der Waals surface area contributed by atoms with Crippen LogP contribution in [0.1, 0.15) is 17.9 Å².